The maximum atomic E-state index is 0. The van der Waals surface area contributed by atoms with E-state index in [1.54, 1.807) is 0 Å². The zero-order valence-corrected chi connectivity index (χ0v) is 9.98. The van der Waals surface area contributed by atoms with E-state index < -0.39 is 0 Å². The van der Waals surface area contributed by atoms with E-state index in [2.05, 4.69) is 0 Å². The van der Waals surface area contributed by atoms with Crippen LogP contribution in [-0.2, 0) is 36.5 Å². The number of rotatable bonds is 0. The first-order chi connectivity index (χ1) is 0. The Morgan fingerprint density at radius 1 is 1.00 bits per heavy atom. The van der Waals surface area contributed by atoms with Crippen molar-refractivity contribution in [2.75, 3.05) is 0 Å². The Kier molecular flexibility index (Phi) is 178. The molecule has 0 heterocycles. The molecule has 0 aromatic rings. The molecule has 0 atom stereocenters. The summed E-state index contributed by atoms with van der Waals surface area (Å²) in [4.78, 5) is 0. The van der Waals surface area contributed by atoms with Crippen molar-refractivity contribution in [3.8, 4) is 0 Å². The fourth-order valence-corrected chi connectivity index (χ4v) is 0. The molecule has 0 spiro atoms. The fraction of sp³-hybridized carbons (Fsp3) is 0. The minimum Gasteiger partial charge on any atom is 0 e. The Labute approximate surface area is 118 Å². The van der Waals surface area contributed by atoms with Crippen LogP contribution in [0.2, 0.25) is 0 Å². The third kappa shape index (κ3) is 18.0. The predicted molar refractivity (Wildman–Crippen MR) is 25.6 cm³/mol. The second kappa shape index (κ2) is 24.6. The van der Waals surface area contributed by atoms with Crippen LogP contribution in [0.3, 0.4) is 0 Å². The van der Waals surface area contributed by atoms with Gasteiger partial charge in [-0.2, -0.15) is 0 Å². The molecule has 0 aliphatic rings. The number of hydrogen-bond acceptors (Lipinski definition) is 0. The van der Waals surface area contributed by atoms with Crippen molar-refractivity contribution in [2.24, 2.45) is 0 Å². The van der Waals surface area contributed by atoms with Gasteiger partial charge < -0.3 is 0 Å². The molecule has 0 aromatic heterocycles. The molecule has 0 bridgehead atoms. The molecule has 5 heteroatoms. The second-order valence-electron chi connectivity index (χ2n) is 0. The fourth-order valence-electron chi connectivity index (χ4n) is 0. The first-order valence-corrected chi connectivity index (χ1v) is 0. The molecule has 0 nitrogen and oxygen atoms in total. The first-order valence-electron chi connectivity index (χ1n) is 0. The van der Waals surface area contributed by atoms with Gasteiger partial charge in [0.2, 0.25) is 0 Å². The van der Waals surface area contributed by atoms with Crippen LogP contribution in [-0.4, -0.2) is 84.7 Å². The maximum absolute atomic E-state index is 0. The summed E-state index contributed by atoms with van der Waals surface area (Å²) in [5, 5.41) is 0. The molecule has 0 aromatic carbocycles. The molecule has 0 saturated carbocycles. The molecule has 0 aliphatic carbocycles. The van der Waals surface area contributed by atoms with Crippen LogP contribution in [0.5, 0.6) is 0 Å². The molecule has 0 fully saturated rings. The Morgan fingerprint density at radius 3 is 1.00 bits per heavy atom. The van der Waals surface area contributed by atoms with E-state index in [1.165, 1.54) is 0 Å². The zero-order chi connectivity index (χ0) is 0. The van der Waals surface area contributed by atoms with Crippen molar-refractivity contribution < 1.29 is 36.5 Å². The molecule has 0 aliphatic heterocycles. The molecule has 0 saturated heterocycles. The summed E-state index contributed by atoms with van der Waals surface area (Å²) in [6, 6.07) is 0. The van der Waals surface area contributed by atoms with E-state index in [0.29, 0.717) is 0 Å². The van der Waals surface area contributed by atoms with Crippen molar-refractivity contribution in [2.45, 2.75) is 0 Å². The maximum Gasteiger partial charge on any atom is 0 e. The minimum absolute atomic E-state index is 0. The summed E-state index contributed by atoms with van der Waals surface area (Å²) in [7, 11) is 0. The van der Waals surface area contributed by atoms with Gasteiger partial charge in [-0.25, -0.2) is 0 Å². The van der Waals surface area contributed by atoms with Crippen LogP contribution in [0, 0.1) is 0 Å². The summed E-state index contributed by atoms with van der Waals surface area (Å²) in [6.07, 6.45) is 0. The average molecular weight is 309 g/mol. The van der Waals surface area contributed by atoms with Crippen LogP contribution in [0.15, 0.2) is 0 Å². The zero-order valence-electron chi connectivity index (χ0n) is 1.79. The molecule has 0 N–H and O–H groups in total. The van der Waals surface area contributed by atoms with Crippen molar-refractivity contribution >= 4 is 84.7 Å². The van der Waals surface area contributed by atoms with Gasteiger partial charge in [0.05, 0.1) is 0 Å². The van der Waals surface area contributed by atoms with Crippen LogP contribution < -0.4 is 0 Å². The van der Waals surface area contributed by atoms with Crippen molar-refractivity contribution in [1.82, 2.24) is 0 Å². The predicted octanol–water partition coefficient (Wildman–Crippen LogP) is -2.75. The molecule has 23 valence electrons. The van der Waals surface area contributed by atoms with E-state index in [1.807, 2.05) is 0 Å². The summed E-state index contributed by atoms with van der Waals surface area (Å²) < 4.78 is 0. The molecule has 3 radical (unpaired) electrons. The van der Waals surface area contributed by atoms with E-state index in [4.69, 9.17) is 0 Å². The van der Waals surface area contributed by atoms with E-state index >= 15 is 0 Å². The van der Waals surface area contributed by atoms with Crippen LogP contribution in [0.1, 0.15) is 0 Å². The van der Waals surface area contributed by atoms with Crippen molar-refractivity contribution in [3.63, 3.8) is 0 Å². The van der Waals surface area contributed by atoms with Crippen LogP contribution in [0.4, 0.5) is 0 Å². The van der Waals surface area contributed by atoms with Gasteiger partial charge in [-0.05, 0) is 0 Å². The largest absolute Gasteiger partial charge is 0 e. The van der Waals surface area contributed by atoms with E-state index in [0.717, 1.165) is 0 Å². The van der Waals surface area contributed by atoms with Gasteiger partial charge in [-0.1, -0.05) is 0 Å². The Morgan fingerprint density at radius 2 is 1.00 bits per heavy atom. The first kappa shape index (κ1) is 36.2. The van der Waals surface area contributed by atoms with Crippen LogP contribution in [0.25, 0.3) is 0 Å². The van der Waals surface area contributed by atoms with E-state index in [9.17, 15) is 0 Å². The van der Waals surface area contributed by atoms with Gasteiger partial charge in [0.1, 0.15) is 0 Å². The molecule has 0 amide bonds. The Bertz CT molecular complexity index is 11.6. The second-order valence-corrected chi connectivity index (χ2v) is 0. The SMILES string of the molecule is [CaH2].[MgH2].[Mn].[SnH2].[Zn]. The third-order valence-electron chi connectivity index (χ3n) is 0. The summed E-state index contributed by atoms with van der Waals surface area (Å²) in [6.45, 7) is 0. The van der Waals surface area contributed by atoms with Crippen molar-refractivity contribution in [1.29, 1.82) is 0 Å². The summed E-state index contributed by atoms with van der Waals surface area (Å²) in [5.74, 6) is 0. The normalized spacial score (nSPS) is 0. The third-order valence-corrected chi connectivity index (χ3v) is 0. The van der Waals surface area contributed by atoms with Crippen LogP contribution >= 0.6 is 0 Å². The molecule has 0 unspecified atom stereocenters. The average Bonchev–Trinajstić information content (AvgIpc) is 0. The summed E-state index contributed by atoms with van der Waals surface area (Å²) >= 11 is 0. The monoisotopic (exact) mass is 309 g/mol. The molecule has 5 heavy (non-hydrogen) atoms. The van der Waals surface area contributed by atoms with Gasteiger partial charge >= 0.3 is 84.7 Å². The van der Waals surface area contributed by atoms with Crippen molar-refractivity contribution in [3.05, 3.63) is 0 Å². The van der Waals surface area contributed by atoms with Gasteiger partial charge in [0.25, 0.3) is 0 Å². The topological polar surface area (TPSA) is 0 Å². The molecular weight excluding hydrogens is 303 g/mol. The van der Waals surface area contributed by atoms with Gasteiger partial charge in [0, 0.05) is 36.5 Å². The van der Waals surface area contributed by atoms with Gasteiger partial charge in [-0.3, -0.25) is 0 Å². The van der Waals surface area contributed by atoms with Gasteiger partial charge in [0.15, 0.2) is 0 Å². The Hall–Kier alpha value is 3.97. The smallest absolute Gasteiger partial charge is 0 e. The number of hydrogen-bond donors (Lipinski definition) is 0. The summed E-state index contributed by atoms with van der Waals surface area (Å²) in [5.41, 5.74) is 0. The standard InChI is InChI=1S/Ca.Mg.Mn.Sn.Zn.6H. The quantitative estimate of drug-likeness (QED) is 0.426. The molecular formula is H6CaMgMnSnZn. The molecule has 0 rings (SSSR count). The van der Waals surface area contributed by atoms with E-state index in [-0.39, 0.29) is 121 Å². The Balaban J connectivity index is 0. The minimum atomic E-state index is 0. The van der Waals surface area contributed by atoms with Gasteiger partial charge in [-0.15, -0.1) is 0 Å².